The minimum atomic E-state index is -0.769. The fourth-order valence-electron chi connectivity index (χ4n) is 1.80. The molecule has 5 nitrogen and oxygen atoms in total. The topological polar surface area (TPSA) is 59.0 Å². The van der Waals surface area contributed by atoms with Crippen molar-refractivity contribution in [2.24, 2.45) is 0 Å². The number of carbonyl (C=O) groups is 1. The monoisotopic (exact) mass is 231 g/mol. The summed E-state index contributed by atoms with van der Waals surface area (Å²) in [5.74, 6) is -0.769. The van der Waals surface area contributed by atoms with Gasteiger partial charge < -0.3 is 14.6 Å². The predicted molar refractivity (Wildman–Crippen MR) is 59.5 cm³/mol. The zero-order chi connectivity index (χ0) is 11.8. The number of hydrogen-bond acceptors (Lipinski definition) is 4. The van der Waals surface area contributed by atoms with Crippen molar-refractivity contribution < 1.29 is 19.4 Å². The third-order valence-corrected chi connectivity index (χ3v) is 2.63. The van der Waals surface area contributed by atoms with Crippen LogP contribution in [-0.4, -0.2) is 61.5 Å². The van der Waals surface area contributed by atoms with E-state index in [9.17, 15) is 4.79 Å². The first-order chi connectivity index (χ1) is 7.74. The molecule has 1 aliphatic rings. The first-order valence-corrected chi connectivity index (χ1v) is 5.85. The van der Waals surface area contributed by atoms with Gasteiger partial charge in [-0.05, 0) is 6.42 Å². The number of ether oxygens (including phenoxy) is 2. The smallest absolute Gasteiger partial charge is 0.305 e. The van der Waals surface area contributed by atoms with E-state index >= 15 is 0 Å². The van der Waals surface area contributed by atoms with E-state index in [1.807, 2.05) is 0 Å². The molecule has 0 amide bonds. The van der Waals surface area contributed by atoms with Gasteiger partial charge in [-0.3, -0.25) is 9.69 Å². The molecule has 0 aliphatic carbocycles. The summed E-state index contributed by atoms with van der Waals surface area (Å²) in [4.78, 5) is 12.8. The molecule has 1 atom stereocenters. The van der Waals surface area contributed by atoms with Crippen molar-refractivity contribution in [1.29, 1.82) is 0 Å². The number of rotatable bonds is 7. The minimum absolute atomic E-state index is 0.00326. The third kappa shape index (κ3) is 4.92. The molecule has 0 aromatic rings. The Bertz CT molecular complexity index is 210. The van der Waals surface area contributed by atoms with E-state index in [2.05, 4.69) is 11.8 Å². The van der Waals surface area contributed by atoms with Gasteiger partial charge in [0.1, 0.15) is 0 Å². The number of nitrogens with zero attached hydrogens (tertiary/aromatic N) is 1. The molecule has 1 unspecified atom stereocenters. The summed E-state index contributed by atoms with van der Waals surface area (Å²) in [7, 11) is 0. The Hall–Kier alpha value is -0.650. The predicted octanol–water partition coefficient (Wildman–Crippen LogP) is 0.589. The van der Waals surface area contributed by atoms with E-state index in [0.717, 1.165) is 26.1 Å². The molecule has 0 bridgehead atoms. The highest BCUT2D eigenvalue weighted by atomic mass is 16.5. The fourth-order valence-corrected chi connectivity index (χ4v) is 1.80. The van der Waals surface area contributed by atoms with Gasteiger partial charge >= 0.3 is 5.97 Å². The van der Waals surface area contributed by atoms with Gasteiger partial charge in [0, 0.05) is 25.7 Å². The molecule has 0 spiro atoms. The van der Waals surface area contributed by atoms with Crippen molar-refractivity contribution in [1.82, 2.24) is 4.90 Å². The van der Waals surface area contributed by atoms with Crippen LogP contribution in [0.1, 0.15) is 19.8 Å². The lowest BCUT2D eigenvalue weighted by Gasteiger charge is -2.34. The molecule has 1 fully saturated rings. The van der Waals surface area contributed by atoms with Crippen molar-refractivity contribution in [3.05, 3.63) is 0 Å². The molecule has 1 saturated heterocycles. The second-order valence-corrected chi connectivity index (χ2v) is 3.97. The lowest BCUT2D eigenvalue weighted by atomic mass is 10.1. The molecule has 5 heteroatoms. The molecule has 16 heavy (non-hydrogen) atoms. The van der Waals surface area contributed by atoms with Gasteiger partial charge in [0.2, 0.25) is 0 Å². The highest BCUT2D eigenvalue weighted by Gasteiger charge is 2.24. The quantitative estimate of drug-likeness (QED) is 0.650. The van der Waals surface area contributed by atoms with Crippen LogP contribution in [0, 0.1) is 0 Å². The van der Waals surface area contributed by atoms with Crippen LogP contribution in [0.4, 0.5) is 0 Å². The molecule has 0 aromatic heterocycles. The lowest BCUT2D eigenvalue weighted by molar-refractivity contribution is -0.140. The van der Waals surface area contributed by atoms with Crippen LogP contribution in [0.15, 0.2) is 0 Å². The van der Waals surface area contributed by atoms with Gasteiger partial charge in [0.05, 0.1) is 26.2 Å². The van der Waals surface area contributed by atoms with Crippen LogP contribution in [0.2, 0.25) is 0 Å². The van der Waals surface area contributed by atoms with Gasteiger partial charge in [0.15, 0.2) is 0 Å². The zero-order valence-corrected chi connectivity index (χ0v) is 9.85. The average Bonchev–Trinajstić information content (AvgIpc) is 2.26. The minimum Gasteiger partial charge on any atom is -0.481 e. The number of morpholine rings is 1. The molecular formula is C11H21NO4. The summed E-state index contributed by atoms with van der Waals surface area (Å²) in [6.45, 7) is 6.30. The average molecular weight is 231 g/mol. The molecule has 0 aromatic carbocycles. The van der Waals surface area contributed by atoms with Gasteiger partial charge in [-0.25, -0.2) is 0 Å². The van der Waals surface area contributed by atoms with E-state index in [-0.39, 0.29) is 12.5 Å². The summed E-state index contributed by atoms with van der Waals surface area (Å²) in [5.41, 5.74) is 0. The Morgan fingerprint density at radius 2 is 2.38 bits per heavy atom. The van der Waals surface area contributed by atoms with E-state index < -0.39 is 5.97 Å². The first kappa shape index (κ1) is 13.4. The van der Waals surface area contributed by atoms with Crippen LogP contribution in [-0.2, 0) is 14.3 Å². The zero-order valence-electron chi connectivity index (χ0n) is 9.85. The Labute approximate surface area is 96.3 Å². The molecule has 1 heterocycles. The largest absolute Gasteiger partial charge is 0.481 e. The molecule has 1 rings (SSSR count). The molecule has 1 N–H and O–H groups in total. The number of aliphatic carboxylic acids is 1. The standard InChI is InChI=1S/C11H21NO4/c1-2-5-15-6-3-12-4-7-16-9-10(12)8-11(13)14/h10H,2-9H2,1H3,(H,13,14). The lowest BCUT2D eigenvalue weighted by Crippen LogP contribution is -2.47. The Morgan fingerprint density at radius 3 is 3.06 bits per heavy atom. The van der Waals surface area contributed by atoms with E-state index in [1.165, 1.54) is 0 Å². The van der Waals surface area contributed by atoms with Gasteiger partial charge in [0.25, 0.3) is 0 Å². The van der Waals surface area contributed by atoms with Crippen molar-refractivity contribution >= 4 is 5.97 Å². The molecule has 1 aliphatic heterocycles. The SMILES string of the molecule is CCCOCCN1CCOCC1CC(=O)O. The Morgan fingerprint density at radius 1 is 1.56 bits per heavy atom. The number of carboxylic acids is 1. The Balaban J connectivity index is 2.26. The van der Waals surface area contributed by atoms with Crippen LogP contribution < -0.4 is 0 Å². The highest BCUT2D eigenvalue weighted by molar-refractivity contribution is 5.67. The van der Waals surface area contributed by atoms with E-state index in [0.29, 0.717) is 19.8 Å². The van der Waals surface area contributed by atoms with Gasteiger partial charge in [-0.1, -0.05) is 6.92 Å². The van der Waals surface area contributed by atoms with Crippen molar-refractivity contribution in [3.63, 3.8) is 0 Å². The summed E-state index contributed by atoms with van der Waals surface area (Å²) >= 11 is 0. The van der Waals surface area contributed by atoms with Crippen molar-refractivity contribution in [3.8, 4) is 0 Å². The molecule has 0 radical (unpaired) electrons. The summed E-state index contributed by atoms with van der Waals surface area (Å²) < 4.78 is 10.7. The maximum absolute atomic E-state index is 10.7. The first-order valence-electron chi connectivity index (χ1n) is 5.85. The van der Waals surface area contributed by atoms with Crippen molar-refractivity contribution in [2.45, 2.75) is 25.8 Å². The van der Waals surface area contributed by atoms with Crippen LogP contribution in [0.5, 0.6) is 0 Å². The van der Waals surface area contributed by atoms with Crippen LogP contribution in [0.25, 0.3) is 0 Å². The summed E-state index contributed by atoms with van der Waals surface area (Å²) in [6.07, 6.45) is 1.16. The van der Waals surface area contributed by atoms with Crippen LogP contribution in [0.3, 0.4) is 0 Å². The summed E-state index contributed by atoms with van der Waals surface area (Å²) in [5, 5.41) is 8.78. The number of hydrogen-bond donors (Lipinski definition) is 1. The van der Waals surface area contributed by atoms with Gasteiger partial charge in [-0.15, -0.1) is 0 Å². The second kappa shape index (κ2) is 7.60. The fraction of sp³-hybridized carbons (Fsp3) is 0.909. The summed E-state index contributed by atoms with van der Waals surface area (Å²) in [6, 6.07) is -0.00326. The molecule has 94 valence electrons. The third-order valence-electron chi connectivity index (χ3n) is 2.63. The van der Waals surface area contributed by atoms with E-state index in [4.69, 9.17) is 14.6 Å². The van der Waals surface area contributed by atoms with E-state index in [1.54, 1.807) is 0 Å². The van der Waals surface area contributed by atoms with Crippen molar-refractivity contribution in [2.75, 3.05) is 39.5 Å². The van der Waals surface area contributed by atoms with Crippen LogP contribution >= 0.6 is 0 Å². The molecular weight excluding hydrogens is 210 g/mol. The Kier molecular flexibility index (Phi) is 6.37. The van der Waals surface area contributed by atoms with Gasteiger partial charge in [-0.2, -0.15) is 0 Å². The second-order valence-electron chi connectivity index (χ2n) is 3.97. The highest BCUT2D eigenvalue weighted by Crippen LogP contribution is 2.10. The molecule has 0 saturated carbocycles. The normalized spacial score (nSPS) is 22.2. The number of carboxylic acid groups (broad SMARTS) is 1. The maximum Gasteiger partial charge on any atom is 0.305 e. The maximum atomic E-state index is 10.7.